The van der Waals surface area contributed by atoms with Crippen molar-refractivity contribution in [3.05, 3.63) is 77.7 Å². The van der Waals surface area contributed by atoms with Crippen LogP contribution in [0.5, 0.6) is 11.5 Å². The van der Waals surface area contributed by atoms with Crippen molar-refractivity contribution in [3.8, 4) is 11.5 Å². The Morgan fingerprint density at radius 2 is 1.97 bits per heavy atom. The Kier molecular flexibility index (Phi) is 7.62. The fourth-order valence-electron chi connectivity index (χ4n) is 3.93. The topological polar surface area (TPSA) is 93.4 Å². The molecule has 1 aliphatic rings. The number of carbonyl (C=O) groups is 2. The number of amides is 2. The minimum Gasteiger partial charge on any atom is -0.493 e. The Hall–Kier alpha value is -4.21. The maximum absolute atomic E-state index is 12.9. The summed E-state index contributed by atoms with van der Waals surface area (Å²) in [5, 5.41) is 8.70. The summed E-state index contributed by atoms with van der Waals surface area (Å²) in [5.74, 6) is -0.396. The van der Waals surface area contributed by atoms with Gasteiger partial charge in [0.2, 0.25) is 5.91 Å². The van der Waals surface area contributed by atoms with Gasteiger partial charge >= 0.3 is 6.61 Å². The molecule has 1 unspecified atom stereocenters. The molecule has 188 valence electrons. The number of hydrogen-bond donors (Lipinski definition) is 1. The molecule has 3 aromatic rings. The molecule has 0 spiro atoms. The lowest BCUT2D eigenvalue weighted by Crippen LogP contribution is -2.36. The number of halogens is 2. The lowest BCUT2D eigenvalue weighted by atomic mass is 9.89. The molecule has 8 nitrogen and oxygen atoms in total. The van der Waals surface area contributed by atoms with Gasteiger partial charge in [-0.1, -0.05) is 19.1 Å². The van der Waals surface area contributed by atoms with Crippen LogP contribution in [-0.2, 0) is 11.3 Å². The van der Waals surface area contributed by atoms with Crippen LogP contribution >= 0.6 is 0 Å². The molecular formula is C26H25F2N3O5. The van der Waals surface area contributed by atoms with Gasteiger partial charge < -0.3 is 19.2 Å². The average molecular weight is 497 g/mol. The molecule has 1 aromatic heterocycles. The summed E-state index contributed by atoms with van der Waals surface area (Å²) in [6.07, 6.45) is 2.31. The van der Waals surface area contributed by atoms with Crippen molar-refractivity contribution in [3.63, 3.8) is 0 Å². The van der Waals surface area contributed by atoms with Gasteiger partial charge in [-0.25, -0.2) is 5.01 Å². The summed E-state index contributed by atoms with van der Waals surface area (Å²) in [5.41, 5.74) is 2.56. The zero-order chi connectivity index (χ0) is 25.7. The molecule has 1 aliphatic heterocycles. The normalized spacial score (nSPS) is 15.6. The fourth-order valence-corrected chi connectivity index (χ4v) is 3.93. The molecule has 0 saturated heterocycles. The second kappa shape index (κ2) is 11.0. The van der Waals surface area contributed by atoms with E-state index >= 15 is 0 Å². The van der Waals surface area contributed by atoms with Crippen LogP contribution < -0.4 is 14.8 Å². The third-order valence-corrected chi connectivity index (χ3v) is 5.78. The predicted octanol–water partition coefficient (Wildman–Crippen LogP) is 5.30. The van der Waals surface area contributed by atoms with Crippen LogP contribution in [0, 0.1) is 5.92 Å². The molecule has 0 radical (unpaired) electrons. The molecule has 0 fully saturated rings. The van der Waals surface area contributed by atoms with Gasteiger partial charge in [-0.15, -0.1) is 0 Å². The second-order valence-corrected chi connectivity index (χ2v) is 8.12. The number of alkyl halides is 2. The monoisotopic (exact) mass is 497 g/mol. The number of benzene rings is 2. The first kappa shape index (κ1) is 24.9. The van der Waals surface area contributed by atoms with Crippen molar-refractivity contribution in [1.29, 1.82) is 0 Å². The van der Waals surface area contributed by atoms with Crippen LogP contribution in [0.15, 0.2) is 70.4 Å². The number of anilines is 1. The average Bonchev–Trinajstić information content (AvgIpc) is 3.41. The molecule has 36 heavy (non-hydrogen) atoms. The molecule has 1 N–H and O–H groups in total. The van der Waals surface area contributed by atoms with Crippen molar-refractivity contribution >= 4 is 23.2 Å². The van der Waals surface area contributed by atoms with Gasteiger partial charge in [0.15, 0.2) is 17.3 Å². The standard InChI is InChI=1S/C26H25F2N3O5/c1-3-17-14-23(32)31(30-24(17)18-8-11-20(34-2)22(13-18)36-26(27)28)15-16-6-9-19(10-7-16)29-25(33)21-5-4-12-35-21/h4-13,17,26H,3,14-15H2,1-2H3,(H,29,33). The number of furan rings is 1. The van der Waals surface area contributed by atoms with E-state index in [0.29, 0.717) is 23.4 Å². The highest BCUT2D eigenvalue weighted by molar-refractivity contribution is 6.06. The number of hydrogen-bond acceptors (Lipinski definition) is 6. The van der Waals surface area contributed by atoms with Gasteiger partial charge in [-0.3, -0.25) is 9.59 Å². The van der Waals surface area contributed by atoms with Crippen LogP contribution in [0.25, 0.3) is 0 Å². The highest BCUT2D eigenvalue weighted by atomic mass is 19.3. The highest BCUT2D eigenvalue weighted by Crippen LogP contribution is 2.33. The first-order valence-corrected chi connectivity index (χ1v) is 11.3. The van der Waals surface area contributed by atoms with Gasteiger partial charge in [0.25, 0.3) is 5.91 Å². The summed E-state index contributed by atoms with van der Waals surface area (Å²) in [4.78, 5) is 24.9. The van der Waals surface area contributed by atoms with Crippen LogP contribution in [0.4, 0.5) is 14.5 Å². The van der Waals surface area contributed by atoms with E-state index in [1.54, 1.807) is 48.5 Å². The molecule has 0 bridgehead atoms. The highest BCUT2D eigenvalue weighted by Gasteiger charge is 2.30. The smallest absolute Gasteiger partial charge is 0.387 e. The number of methoxy groups -OCH3 is 1. The molecule has 0 saturated carbocycles. The van der Waals surface area contributed by atoms with Gasteiger partial charge in [0.1, 0.15) is 0 Å². The summed E-state index contributed by atoms with van der Waals surface area (Å²) in [7, 11) is 1.37. The molecular weight excluding hydrogens is 472 g/mol. The van der Waals surface area contributed by atoms with E-state index in [4.69, 9.17) is 9.15 Å². The molecule has 2 heterocycles. The van der Waals surface area contributed by atoms with Gasteiger partial charge in [0.05, 0.1) is 25.6 Å². The second-order valence-electron chi connectivity index (χ2n) is 8.12. The molecule has 1 atom stereocenters. The minimum absolute atomic E-state index is 0.0989. The first-order valence-electron chi connectivity index (χ1n) is 11.3. The van der Waals surface area contributed by atoms with Crippen molar-refractivity contribution in [2.45, 2.75) is 32.9 Å². The minimum atomic E-state index is -3.01. The van der Waals surface area contributed by atoms with E-state index < -0.39 is 6.61 Å². The number of nitrogens with zero attached hydrogens (tertiary/aromatic N) is 2. The number of hydrazone groups is 1. The molecule has 4 rings (SSSR count). The first-order chi connectivity index (χ1) is 17.4. The Morgan fingerprint density at radius 3 is 2.61 bits per heavy atom. The molecule has 0 aliphatic carbocycles. The Bertz CT molecular complexity index is 1240. The largest absolute Gasteiger partial charge is 0.493 e. The fraction of sp³-hybridized carbons (Fsp3) is 0.269. The van der Waals surface area contributed by atoms with Crippen LogP contribution in [0.1, 0.15) is 41.4 Å². The van der Waals surface area contributed by atoms with E-state index in [2.05, 4.69) is 15.2 Å². The summed E-state index contributed by atoms with van der Waals surface area (Å²) in [6.45, 7) is -0.852. The van der Waals surface area contributed by atoms with Crippen LogP contribution in [0.3, 0.4) is 0 Å². The number of carbonyl (C=O) groups excluding carboxylic acids is 2. The van der Waals surface area contributed by atoms with Gasteiger partial charge in [-0.05, 0) is 54.4 Å². The maximum atomic E-state index is 12.9. The quantitative estimate of drug-likeness (QED) is 0.433. The van der Waals surface area contributed by atoms with Crippen LogP contribution in [-0.4, -0.2) is 36.3 Å². The Morgan fingerprint density at radius 1 is 1.19 bits per heavy atom. The maximum Gasteiger partial charge on any atom is 0.387 e. The molecule has 2 amide bonds. The molecule has 2 aromatic carbocycles. The SMILES string of the molecule is CCC1CC(=O)N(Cc2ccc(NC(=O)c3ccco3)cc2)N=C1c1ccc(OC)c(OC(F)F)c1. The number of ether oxygens (including phenoxy) is 2. The predicted molar refractivity (Wildman–Crippen MR) is 128 cm³/mol. The van der Waals surface area contributed by atoms with Crippen LogP contribution in [0.2, 0.25) is 0 Å². The van der Waals surface area contributed by atoms with Crippen molar-refractivity contribution < 1.29 is 32.3 Å². The summed E-state index contributed by atoms with van der Waals surface area (Å²) < 4.78 is 40.6. The van der Waals surface area contributed by atoms with Gasteiger partial charge in [0, 0.05) is 23.6 Å². The van der Waals surface area contributed by atoms with Gasteiger partial charge in [-0.2, -0.15) is 13.9 Å². The number of rotatable bonds is 9. The van der Waals surface area contributed by atoms with E-state index in [0.717, 1.165) is 5.56 Å². The zero-order valence-corrected chi connectivity index (χ0v) is 19.7. The lowest BCUT2D eigenvalue weighted by molar-refractivity contribution is -0.133. The van der Waals surface area contributed by atoms with E-state index in [1.807, 2.05) is 6.92 Å². The number of nitrogens with one attached hydrogen (secondary N) is 1. The summed E-state index contributed by atoms with van der Waals surface area (Å²) >= 11 is 0. The van der Waals surface area contributed by atoms with Crippen molar-refractivity contribution in [1.82, 2.24) is 5.01 Å². The third-order valence-electron chi connectivity index (χ3n) is 5.78. The molecule has 10 heteroatoms. The van der Waals surface area contributed by atoms with Crippen molar-refractivity contribution in [2.75, 3.05) is 12.4 Å². The Labute approximate surface area is 206 Å². The third kappa shape index (κ3) is 5.70. The summed E-state index contributed by atoms with van der Waals surface area (Å²) in [6, 6.07) is 14.9. The van der Waals surface area contributed by atoms with E-state index in [1.165, 1.54) is 24.4 Å². The van der Waals surface area contributed by atoms with E-state index in [9.17, 15) is 18.4 Å². The lowest BCUT2D eigenvalue weighted by Gasteiger charge is -2.29. The van der Waals surface area contributed by atoms with E-state index in [-0.39, 0.29) is 48.0 Å². The van der Waals surface area contributed by atoms with Crippen molar-refractivity contribution in [2.24, 2.45) is 11.0 Å². The zero-order valence-electron chi connectivity index (χ0n) is 19.7. The Balaban J connectivity index is 1.54.